The van der Waals surface area contributed by atoms with Gasteiger partial charge < -0.3 is 10.1 Å². The van der Waals surface area contributed by atoms with Crippen LogP contribution in [-0.2, 0) is 11.3 Å². The molecule has 5 nitrogen and oxygen atoms in total. The van der Waals surface area contributed by atoms with Crippen LogP contribution in [0.15, 0.2) is 30.3 Å². The van der Waals surface area contributed by atoms with Crippen molar-refractivity contribution in [1.82, 2.24) is 14.9 Å². The minimum atomic E-state index is -0.456. The fourth-order valence-electron chi connectivity index (χ4n) is 1.84. The van der Waals surface area contributed by atoms with Crippen LogP contribution >= 0.6 is 11.5 Å². The molecule has 1 aromatic heterocycles. The Labute approximate surface area is 128 Å². The Bertz CT molecular complexity index is 596. The normalized spacial score (nSPS) is 11.4. The molecule has 2 aromatic rings. The van der Waals surface area contributed by atoms with Crippen molar-refractivity contribution >= 4 is 17.4 Å². The van der Waals surface area contributed by atoms with Crippen LogP contribution in [0.4, 0.5) is 0 Å². The fraction of sp³-hybridized carbons (Fsp3) is 0.400. The van der Waals surface area contributed by atoms with Crippen molar-refractivity contribution in [3.05, 3.63) is 46.5 Å². The SMILES string of the molecule is Cc1nnsc1C(=O)NC(C)(C)COCc1ccccc1. The summed E-state index contributed by atoms with van der Waals surface area (Å²) in [6.07, 6.45) is 0. The van der Waals surface area contributed by atoms with Gasteiger partial charge in [-0.2, -0.15) is 0 Å². The third kappa shape index (κ3) is 4.61. The van der Waals surface area contributed by atoms with E-state index in [0.717, 1.165) is 17.1 Å². The second-order valence-electron chi connectivity index (χ2n) is 5.50. The number of hydrogen-bond acceptors (Lipinski definition) is 5. The first-order chi connectivity index (χ1) is 9.98. The van der Waals surface area contributed by atoms with Gasteiger partial charge in [0, 0.05) is 0 Å². The van der Waals surface area contributed by atoms with Crippen LogP contribution < -0.4 is 5.32 Å². The number of hydrogen-bond donors (Lipinski definition) is 1. The van der Waals surface area contributed by atoms with E-state index in [0.29, 0.717) is 23.8 Å². The molecule has 0 spiro atoms. The standard InChI is InChI=1S/C15H19N3O2S/c1-11-13(21-18-17-11)14(19)16-15(2,3)10-20-9-12-7-5-4-6-8-12/h4-8H,9-10H2,1-3H3,(H,16,19). The quantitative estimate of drug-likeness (QED) is 0.891. The Balaban J connectivity index is 1.84. The molecule has 0 aliphatic rings. The van der Waals surface area contributed by atoms with Crippen LogP contribution in [0.3, 0.4) is 0 Å². The van der Waals surface area contributed by atoms with Crippen LogP contribution in [0.2, 0.25) is 0 Å². The van der Waals surface area contributed by atoms with Gasteiger partial charge in [-0.25, -0.2) is 0 Å². The van der Waals surface area contributed by atoms with E-state index in [9.17, 15) is 4.79 Å². The van der Waals surface area contributed by atoms with Crippen LogP contribution in [0.5, 0.6) is 0 Å². The predicted octanol–water partition coefficient (Wildman–Crippen LogP) is 2.57. The molecule has 0 fully saturated rings. The van der Waals surface area contributed by atoms with Crippen molar-refractivity contribution in [2.24, 2.45) is 0 Å². The highest BCUT2D eigenvalue weighted by molar-refractivity contribution is 7.08. The third-order valence-electron chi connectivity index (χ3n) is 2.88. The van der Waals surface area contributed by atoms with Gasteiger partial charge in [-0.05, 0) is 37.9 Å². The highest BCUT2D eigenvalue weighted by atomic mass is 32.1. The molecule has 0 unspecified atom stereocenters. The number of nitrogens with one attached hydrogen (secondary N) is 1. The number of carbonyl (C=O) groups is 1. The molecule has 21 heavy (non-hydrogen) atoms. The van der Waals surface area contributed by atoms with Crippen molar-refractivity contribution in [3.8, 4) is 0 Å². The monoisotopic (exact) mass is 305 g/mol. The molecular weight excluding hydrogens is 286 g/mol. The largest absolute Gasteiger partial charge is 0.374 e. The average Bonchev–Trinajstić information content (AvgIpc) is 2.85. The summed E-state index contributed by atoms with van der Waals surface area (Å²) in [4.78, 5) is 12.7. The van der Waals surface area contributed by atoms with E-state index < -0.39 is 5.54 Å². The summed E-state index contributed by atoms with van der Waals surface area (Å²) in [5.41, 5.74) is 1.31. The zero-order valence-electron chi connectivity index (χ0n) is 12.4. The Morgan fingerprint density at radius 1 is 1.33 bits per heavy atom. The first-order valence-electron chi connectivity index (χ1n) is 6.71. The molecule has 0 aliphatic heterocycles. The summed E-state index contributed by atoms with van der Waals surface area (Å²) in [6.45, 7) is 6.59. The number of aryl methyl sites for hydroxylation is 1. The molecule has 0 radical (unpaired) electrons. The van der Waals surface area contributed by atoms with Crippen LogP contribution in [0.1, 0.15) is 34.8 Å². The Hall–Kier alpha value is -1.79. The Morgan fingerprint density at radius 2 is 2.05 bits per heavy atom. The van der Waals surface area contributed by atoms with E-state index in [1.807, 2.05) is 44.2 Å². The number of rotatable bonds is 6. The first-order valence-corrected chi connectivity index (χ1v) is 7.48. The summed E-state index contributed by atoms with van der Waals surface area (Å²) in [5, 5.41) is 6.80. The lowest BCUT2D eigenvalue weighted by Crippen LogP contribution is -2.46. The minimum Gasteiger partial charge on any atom is -0.374 e. The van der Waals surface area contributed by atoms with Gasteiger partial charge in [0.25, 0.3) is 5.91 Å². The smallest absolute Gasteiger partial charge is 0.265 e. The average molecular weight is 305 g/mol. The zero-order chi connectivity index (χ0) is 15.3. The van der Waals surface area contributed by atoms with Crippen LogP contribution in [0, 0.1) is 6.92 Å². The molecule has 1 N–H and O–H groups in total. The van der Waals surface area contributed by atoms with E-state index in [-0.39, 0.29) is 5.91 Å². The van der Waals surface area contributed by atoms with Gasteiger partial charge in [0.05, 0.1) is 24.4 Å². The second-order valence-corrected chi connectivity index (χ2v) is 6.26. The van der Waals surface area contributed by atoms with Crippen molar-refractivity contribution in [3.63, 3.8) is 0 Å². The molecule has 112 valence electrons. The second kappa shape index (κ2) is 6.78. The summed E-state index contributed by atoms with van der Waals surface area (Å²) in [5.74, 6) is -0.157. The number of nitrogens with zero attached hydrogens (tertiary/aromatic N) is 2. The van der Waals surface area contributed by atoms with E-state index in [2.05, 4.69) is 14.9 Å². The summed E-state index contributed by atoms with van der Waals surface area (Å²) in [6, 6.07) is 9.95. The van der Waals surface area contributed by atoms with Crippen molar-refractivity contribution in [2.45, 2.75) is 32.9 Å². The van der Waals surface area contributed by atoms with Gasteiger partial charge in [0.1, 0.15) is 4.88 Å². The summed E-state index contributed by atoms with van der Waals surface area (Å²) >= 11 is 1.11. The maximum atomic E-state index is 12.1. The van der Waals surface area contributed by atoms with E-state index in [1.165, 1.54) is 0 Å². The predicted molar refractivity (Wildman–Crippen MR) is 82.3 cm³/mol. The van der Waals surface area contributed by atoms with Crippen LogP contribution in [-0.4, -0.2) is 27.6 Å². The van der Waals surface area contributed by atoms with Gasteiger partial charge in [-0.15, -0.1) is 5.10 Å². The summed E-state index contributed by atoms with van der Waals surface area (Å²) in [7, 11) is 0. The van der Waals surface area contributed by atoms with Crippen molar-refractivity contribution in [1.29, 1.82) is 0 Å². The molecule has 1 aromatic carbocycles. The third-order valence-corrected chi connectivity index (χ3v) is 3.71. The number of benzene rings is 1. The topological polar surface area (TPSA) is 64.1 Å². The molecule has 1 amide bonds. The van der Waals surface area contributed by atoms with E-state index in [4.69, 9.17) is 4.74 Å². The van der Waals surface area contributed by atoms with Gasteiger partial charge in [0.15, 0.2) is 0 Å². The molecule has 0 saturated heterocycles. The molecule has 0 aliphatic carbocycles. The molecule has 1 heterocycles. The van der Waals surface area contributed by atoms with E-state index >= 15 is 0 Å². The summed E-state index contributed by atoms with van der Waals surface area (Å²) < 4.78 is 9.46. The molecule has 0 bridgehead atoms. The maximum absolute atomic E-state index is 12.1. The molecule has 6 heteroatoms. The lowest BCUT2D eigenvalue weighted by Gasteiger charge is -2.25. The van der Waals surface area contributed by atoms with Gasteiger partial charge in [-0.3, -0.25) is 4.79 Å². The van der Waals surface area contributed by atoms with Crippen molar-refractivity contribution < 1.29 is 9.53 Å². The highest BCUT2D eigenvalue weighted by Crippen LogP contribution is 2.12. The maximum Gasteiger partial charge on any atom is 0.265 e. The molecular formula is C15H19N3O2S. The Kier molecular flexibility index (Phi) is 5.03. The lowest BCUT2D eigenvalue weighted by atomic mass is 10.1. The number of amides is 1. The first kappa shape index (κ1) is 15.6. The Morgan fingerprint density at radius 3 is 2.67 bits per heavy atom. The fourth-order valence-corrected chi connectivity index (χ4v) is 2.39. The number of aromatic nitrogens is 2. The van der Waals surface area contributed by atoms with Gasteiger partial charge in [0.2, 0.25) is 0 Å². The van der Waals surface area contributed by atoms with Gasteiger partial charge >= 0.3 is 0 Å². The molecule has 0 saturated carbocycles. The van der Waals surface area contributed by atoms with Crippen LogP contribution in [0.25, 0.3) is 0 Å². The molecule has 2 rings (SSSR count). The highest BCUT2D eigenvalue weighted by Gasteiger charge is 2.23. The number of ether oxygens (including phenoxy) is 1. The molecule has 0 atom stereocenters. The lowest BCUT2D eigenvalue weighted by molar-refractivity contribution is 0.0618. The number of carbonyl (C=O) groups excluding carboxylic acids is 1. The van der Waals surface area contributed by atoms with Crippen molar-refractivity contribution in [2.75, 3.05) is 6.61 Å². The van der Waals surface area contributed by atoms with E-state index in [1.54, 1.807) is 6.92 Å². The zero-order valence-corrected chi connectivity index (χ0v) is 13.2. The minimum absolute atomic E-state index is 0.157. The van der Waals surface area contributed by atoms with Gasteiger partial charge in [-0.1, -0.05) is 34.8 Å².